The van der Waals surface area contributed by atoms with Gasteiger partial charge in [-0.25, -0.2) is 4.39 Å². The molecule has 32 heavy (non-hydrogen) atoms. The fraction of sp³-hybridized carbons (Fsp3) is 0.0833. The molecule has 4 aromatic rings. The van der Waals surface area contributed by atoms with Crippen LogP contribution in [0.1, 0.15) is 27.7 Å². The molecule has 0 aliphatic rings. The Morgan fingerprint density at radius 3 is 2.25 bits per heavy atom. The van der Waals surface area contributed by atoms with Crippen molar-refractivity contribution in [3.05, 3.63) is 113 Å². The molecule has 0 saturated heterocycles. The van der Waals surface area contributed by atoms with Crippen LogP contribution in [0.5, 0.6) is 0 Å². The van der Waals surface area contributed by atoms with Gasteiger partial charge in [0.1, 0.15) is 11.9 Å². The van der Waals surface area contributed by atoms with E-state index in [4.69, 9.17) is 0 Å². The second-order valence-corrected chi connectivity index (χ2v) is 7.54. The van der Waals surface area contributed by atoms with Crippen molar-refractivity contribution >= 4 is 29.0 Å². The lowest BCUT2D eigenvalue weighted by atomic mass is 10.0. The number of hydrogen-bond donors (Lipinski definition) is 1. The molecule has 0 fully saturated rings. The molecule has 2 amide bonds. The largest absolute Gasteiger partial charge is 0.350 e. The first kappa shape index (κ1) is 21.3. The van der Waals surface area contributed by atoms with Crippen molar-refractivity contribution in [1.82, 2.24) is 14.9 Å². The Morgan fingerprint density at radius 1 is 0.938 bits per heavy atom. The van der Waals surface area contributed by atoms with E-state index in [1.165, 1.54) is 23.6 Å². The maximum absolute atomic E-state index is 14.9. The quantitative estimate of drug-likeness (QED) is 0.457. The summed E-state index contributed by atoms with van der Waals surface area (Å²) in [6, 6.07) is 22.9. The summed E-state index contributed by atoms with van der Waals surface area (Å²) in [6.07, 6.45) is 0. The third-order valence-corrected chi connectivity index (χ3v) is 5.35. The molecule has 1 aromatic heterocycles. The number of benzene rings is 3. The number of nitrogens with one attached hydrogen (secondary N) is 1. The van der Waals surface area contributed by atoms with Gasteiger partial charge in [0, 0.05) is 11.9 Å². The van der Waals surface area contributed by atoms with Gasteiger partial charge in [-0.05, 0) is 34.8 Å². The van der Waals surface area contributed by atoms with Gasteiger partial charge in [0.15, 0.2) is 5.69 Å². The van der Waals surface area contributed by atoms with Crippen molar-refractivity contribution in [2.75, 3.05) is 4.90 Å². The Morgan fingerprint density at radius 2 is 1.59 bits per heavy atom. The van der Waals surface area contributed by atoms with E-state index in [9.17, 15) is 14.0 Å². The molecule has 6 nitrogen and oxygen atoms in total. The lowest BCUT2D eigenvalue weighted by Crippen LogP contribution is -2.44. The number of carbonyl (C=O) groups excluding carboxylic acids is 2. The first-order valence-corrected chi connectivity index (χ1v) is 10.7. The Hall–Kier alpha value is -3.91. The number of amides is 2. The number of anilines is 1. The zero-order chi connectivity index (χ0) is 22.3. The molecule has 4 rings (SSSR count). The van der Waals surface area contributed by atoms with E-state index in [1.54, 1.807) is 30.3 Å². The van der Waals surface area contributed by atoms with Crippen molar-refractivity contribution in [3.63, 3.8) is 0 Å². The van der Waals surface area contributed by atoms with Crippen LogP contribution in [0.3, 0.4) is 0 Å². The number of halogens is 1. The highest BCUT2D eigenvalue weighted by Gasteiger charge is 2.35. The van der Waals surface area contributed by atoms with Crippen LogP contribution in [0.25, 0.3) is 0 Å². The fourth-order valence-corrected chi connectivity index (χ4v) is 3.76. The molecular formula is C24H19FN4O2S. The van der Waals surface area contributed by atoms with E-state index >= 15 is 0 Å². The van der Waals surface area contributed by atoms with Gasteiger partial charge in [-0.15, -0.1) is 5.10 Å². The van der Waals surface area contributed by atoms with Gasteiger partial charge in [0.2, 0.25) is 5.91 Å². The summed E-state index contributed by atoms with van der Waals surface area (Å²) in [5.41, 5.74) is 1.46. The highest BCUT2D eigenvalue weighted by Crippen LogP contribution is 2.31. The summed E-state index contributed by atoms with van der Waals surface area (Å²) in [7, 11) is 0. The molecule has 3 aromatic carbocycles. The van der Waals surface area contributed by atoms with Gasteiger partial charge in [-0.3, -0.25) is 14.5 Å². The molecule has 1 atom stereocenters. The molecule has 0 bridgehead atoms. The molecule has 1 N–H and O–H groups in total. The Bertz CT molecular complexity index is 1190. The zero-order valence-corrected chi connectivity index (χ0v) is 17.7. The molecule has 0 aliphatic carbocycles. The summed E-state index contributed by atoms with van der Waals surface area (Å²) in [5, 5.41) is 8.20. The maximum atomic E-state index is 14.9. The third kappa shape index (κ3) is 4.70. The van der Waals surface area contributed by atoms with E-state index in [-0.39, 0.29) is 17.9 Å². The van der Waals surface area contributed by atoms with Gasteiger partial charge in [0.25, 0.3) is 5.91 Å². The summed E-state index contributed by atoms with van der Waals surface area (Å²) in [5.74, 6) is -1.69. The lowest BCUT2D eigenvalue weighted by Gasteiger charge is -2.31. The monoisotopic (exact) mass is 446 g/mol. The van der Waals surface area contributed by atoms with Crippen molar-refractivity contribution < 1.29 is 14.0 Å². The minimum atomic E-state index is -1.12. The average molecular weight is 447 g/mol. The second kappa shape index (κ2) is 9.93. The molecule has 0 saturated carbocycles. The number of aromatic nitrogens is 2. The minimum Gasteiger partial charge on any atom is -0.350 e. The molecule has 160 valence electrons. The van der Waals surface area contributed by atoms with Crippen molar-refractivity contribution in [2.24, 2.45) is 0 Å². The summed E-state index contributed by atoms with van der Waals surface area (Å²) >= 11 is 1.01. The Kier molecular flexibility index (Phi) is 6.62. The van der Waals surface area contributed by atoms with E-state index in [0.29, 0.717) is 5.56 Å². The van der Waals surface area contributed by atoms with Crippen molar-refractivity contribution in [2.45, 2.75) is 12.6 Å². The van der Waals surface area contributed by atoms with Crippen LogP contribution < -0.4 is 10.2 Å². The van der Waals surface area contributed by atoms with Crippen LogP contribution in [0.4, 0.5) is 10.1 Å². The van der Waals surface area contributed by atoms with Gasteiger partial charge >= 0.3 is 0 Å². The molecular weight excluding hydrogens is 427 g/mol. The molecule has 1 heterocycles. The number of carbonyl (C=O) groups is 2. The predicted molar refractivity (Wildman–Crippen MR) is 121 cm³/mol. The van der Waals surface area contributed by atoms with E-state index in [1.807, 2.05) is 36.4 Å². The lowest BCUT2D eigenvalue weighted by molar-refractivity contribution is -0.122. The van der Waals surface area contributed by atoms with Gasteiger partial charge < -0.3 is 5.32 Å². The van der Waals surface area contributed by atoms with Crippen LogP contribution >= 0.6 is 11.5 Å². The fourth-order valence-electron chi connectivity index (χ4n) is 3.33. The molecule has 0 unspecified atom stereocenters. The molecule has 0 radical (unpaired) electrons. The minimum absolute atomic E-state index is 0.0192. The van der Waals surface area contributed by atoms with Crippen LogP contribution in [0.2, 0.25) is 0 Å². The highest BCUT2D eigenvalue weighted by molar-refractivity contribution is 7.03. The SMILES string of the molecule is O=C(NCc1ccccc1)[C@H](c1ccccc1)N(C(=O)c1csnn1)c1ccccc1F. The summed E-state index contributed by atoms with van der Waals surface area (Å²) in [4.78, 5) is 28.0. The van der Waals surface area contributed by atoms with Crippen LogP contribution in [-0.2, 0) is 11.3 Å². The summed E-state index contributed by atoms with van der Waals surface area (Å²) < 4.78 is 18.6. The molecule has 0 spiro atoms. The standard InChI is InChI=1S/C24H19FN4O2S/c25-19-13-7-8-14-21(19)29(24(31)20-16-32-28-27-20)22(18-11-5-2-6-12-18)23(30)26-15-17-9-3-1-4-10-17/h1-14,16,22H,15H2,(H,26,30)/t22-/m0/s1. The number of para-hydroxylation sites is 1. The Balaban J connectivity index is 1.77. The normalized spacial score (nSPS) is 11.5. The summed E-state index contributed by atoms with van der Waals surface area (Å²) in [6.45, 7) is 0.264. The second-order valence-electron chi connectivity index (χ2n) is 6.93. The average Bonchev–Trinajstić information content (AvgIpc) is 3.38. The highest BCUT2D eigenvalue weighted by atomic mass is 32.1. The smallest absolute Gasteiger partial charge is 0.280 e. The van der Waals surface area contributed by atoms with Crippen molar-refractivity contribution in [3.8, 4) is 0 Å². The van der Waals surface area contributed by atoms with E-state index in [2.05, 4.69) is 14.9 Å². The topological polar surface area (TPSA) is 75.2 Å². The zero-order valence-electron chi connectivity index (χ0n) is 16.9. The van der Waals surface area contributed by atoms with Gasteiger partial charge in [-0.2, -0.15) is 0 Å². The van der Waals surface area contributed by atoms with E-state index in [0.717, 1.165) is 22.0 Å². The first-order chi connectivity index (χ1) is 15.6. The first-order valence-electron chi connectivity index (χ1n) is 9.87. The third-order valence-electron chi connectivity index (χ3n) is 4.84. The van der Waals surface area contributed by atoms with Crippen LogP contribution in [0.15, 0.2) is 90.3 Å². The molecule has 0 aliphatic heterocycles. The predicted octanol–water partition coefficient (Wildman–Crippen LogP) is 4.38. The number of nitrogens with zero attached hydrogens (tertiary/aromatic N) is 3. The molecule has 8 heteroatoms. The number of rotatable bonds is 7. The van der Waals surface area contributed by atoms with E-state index < -0.39 is 23.7 Å². The maximum Gasteiger partial charge on any atom is 0.280 e. The number of hydrogen-bond acceptors (Lipinski definition) is 5. The van der Waals surface area contributed by atoms with Crippen LogP contribution in [-0.4, -0.2) is 21.4 Å². The van der Waals surface area contributed by atoms with Crippen molar-refractivity contribution in [1.29, 1.82) is 0 Å². The van der Waals surface area contributed by atoms with Gasteiger partial charge in [-0.1, -0.05) is 77.3 Å². The van der Waals surface area contributed by atoms with Crippen LogP contribution in [0, 0.1) is 5.82 Å². The van der Waals surface area contributed by atoms with Gasteiger partial charge in [0.05, 0.1) is 5.69 Å². The Labute approximate surface area is 188 Å².